The van der Waals surface area contributed by atoms with Crippen LogP contribution < -0.4 is 5.32 Å². The van der Waals surface area contributed by atoms with Gasteiger partial charge in [0.25, 0.3) is 11.8 Å². The fraction of sp³-hybridized carbons (Fsp3) is 0.391. The molecule has 1 N–H and O–H groups in total. The van der Waals surface area contributed by atoms with Gasteiger partial charge in [0.1, 0.15) is 11.9 Å². The number of fused-ring (bicyclic) bond motifs is 1. The Morgan fingerprint density at radius 2 is 2.03 bits per heavy atom. The summed E-state index contributed by atoms with van der Waals surface area (Å²) in [5.41, 5.74) is 2.02. The van der Waals surface area contributed by atoms with Gasteiger partial charge >= 0.3 is 0 Å². The number of aromatic nitrogens is 2. The quantitative estimate of drug-likeness (QED) is 0.672. The van der Waals surface area contributed by atoms with Gasteiger partial charge < -0.3 is 15.0 Å². The molecular weight excluding hydrogens is 412 g/mol. The first-order valence-corrected chi connectivity index (χ1v) is 11.2. The third-order valence-corrected chi connectivity index (χ3v) is 6.45. The molecule has 0 spiro atoms. The van der Waals surface area contributed by atoms with E-state index in [1.165, 1.54) is 11.3 Å². The lowest BCUT2D eigenvalue weighted by atomic mass is 10.0. The second-order valence-corrected chi connectivity index (χ2v) is 9.05. The van der Waals surface area contributed by atoms with Crippen LogP contribution in [0.4, 0.5) is 0 Å². The molecule has 31 heavy (non-hydrogen) atoms. The highest BCUT2D eigenvalue weighted by Crippen LogP contribution is 2.38. The zero-order valence-corrected chi connectivity index (χ0v) is 19.0. The molecule has 3 heterocycles. The molecule has 1 aromatic carbocycles. The molecule has 2 amide bonds. The van der Waals surface area contributed by atoms with Crippen LogP contribution >= 0.6 is 11.3 Å². The summed E-state index contributed by atoms with van der Waals surface area (Å²) >= 11 is 1.46. The van der Waals surface area contributed by atoms with Gasteiger partial charge in [-0.1, -0.05) is 18.2 Å². The zero-order chi connectivity index (χ0) is 22.1. The SMILES string of the molecule is Cc1ncc(C(=O)N2CCOC(c3c(C(=O)NC(C)C)sc4ccccc34)C2)c(C)n1. The molecular formula is C23H26N4O3S. The molecule has 2 aromatic heterocycles. The van der Waals surface area contributed by atoms with Crippen LogP contribution in [0, 0.1) is 13.8 Å². The highest BCUT2D eigenvalue weighted by molar-refractivity contribution is 7.21. The van der Waals surface area contributed by atoms with Crippen molar-refractivity contribution in [1.82, 2.24) is 20.2 Å². The maximum absolute atomic E-state index is 13.2. The molecule has 1 unspecified atom stereocenters. The second-order valence-electron chi connectivity index (χ2n) is 8.00. The summed E-state index contributed by atoms with van der Waals surface area (Å²) in [7, 11) is 0. The first-order valence-electron chi connectivity index (χ1n) is 10.4. The van der Waals surface area contributed by atoms with Gasteiger partial charge in [-0.2, -0.15) is 0 Å². The highest BCUT2D eigenvalue weighted by atomic mass is 32.1. The number of amides is 2. The van der Waals surface area contributed by atoms with Crippen LogP contribution in [0.25, 0.3) is 10.1 Å². The van der Waals surface area contributed by atoms with Crippen LogP contribution in [0.1, 0.15) is 57.1 Å². The number of aryl methyl sites for hydroxylation is 2. The highest BCUT2D eigenvalue weighted by Gasteiger charge is 2.32. The van der Waals surface area contributed by atoms with Crippen LogP contribution in [-0.4, -0.2) is 52.4 Å². The van der Waals surface area contributed by atoms with Crippen molar-refractivity contribution in [3.8, 4) is 0 Å². The number of benzene rings is 1. The summed E-state index contributed by atoms with van der Waals surface area (Å²) in [6.07, 6.45) is 1.21. The van der Waals surface area contributed by atoms with E-state index in [2.05, 4.69) is 15.3 Å². The Morgan fingerprint density at radius 3 is 2.77 bits per heavy atom. The molecule has 1 saturated heterocycles. The number of carbonyl (C=O) groups is 2. The van der Waals surface area contributed by atoms with E-state index < -0.39 is 0 Å². The number of hydrogen-bond donors (Lipinski definition) is 1. The molecule has 7 nitrogen and oxygen atoms in total. The van der Waals surface area contributed by atoms with Crippen LogP contribution in [0.3, 0.4) is 0 Å². The van der Waals surface area contributed by atoms with Gasteiger partial charge in [0, 0.05) is 29.0 Å². The van der Waals surface area contributed by atoms with Gasteiger partial charge in [0.2, 0.25) is 0 Å². The van der Waals surface area contributed by atoms with E-state index in [-0.39, 0.29) is 24.0 Å². The third-order valence-electron chi connectivity index (χ3n) is 5.27. The third kappa shape index (κ3) is 4.31. The summed E-state index contributed by atoms with van der Waals surface area (Å²) in [5.74, 6) is 0.416. The summed E-state index contributed by atoms with van der Waals surface area (Å²) in [6.45, 7) is 8.76. The molecule has 0 bridgehead atoms. The summed E-state index contributed by atoms with van der Waals surface area (Å²) in [5, 5.41) is 3.99. The molecule has 0 aliphatic carbocycles. The van der Waals surface area contributed by atoms with Crippen LogP contribution in [-0.2, 0) is 4.74 Å². The van der Waals surface area contributed by atoms with Crippen molar-refractivity contribution in [1.29, 1.82) is 0 Å². The Balaban J connectivity index is 1.68. The predicted molar refractivity (Wildman–Crippen MR) is 121 cm³/mol. The van der Waals surface area contributed by atoms with E-state index in [0.717, 1.165) is 15.6 Å². The maximum atomic E-state index is 13.2. The number of hydrogen-bond acceptors (Lipinski definition) is 6. The largest absolute Gasteiger partial charge is 0.370 e. The first-order chi connectivity index (χ1) is 14.8. The topological polar surface area (TPSA) is 84.4 Å². The molecule has 162 valence electrons. The molecule has 1 aliphatic rings. The maximum Gasteiger partial charge on any atom is 0.261 e. The van der Waals surface area contributed by atoms with E-state index in [1.807, 2.05) is 45.0 Å². The minimum Gasteiger partial charge on any atom is -0.370 e. The first kappa shape index (κ1) is 21.4. The van der Waals surface area contributed by atoms with Crippen LogP contribution in [0.15, 0.2) is 30.5 Å². The lowest BCUT2D eigenvalue weighted by molar-refractivity contribution is -0.0223. The normalized spacial score (nSPS) is 16.7. The number of nitrogens with one attached hydrogen (secondary N) is 1. The summed E-state index contributed by atoms with van der Waals surface area (Å²) in [4.78, 5) is 37.1. The Bertz CT molecular complexity index is 1140. The fourth-order valence-electron chi connectivity index (χ4n) is 3.85. The molecule has 1 aliphatic heterocycles. The van der Waals surface area contributed by atoms with Crippen LogP contribution in [0.5, 0.6) is 0 Å². The lowest BCUT2D eigenvalue weighted by Gasteiger charge is -2.33. The van der Waals surface area contributed by atoms with Crippen molar-refractivity contribution < 1.29 is 14.3 Å². The molecule has 3 aromatic rings. The lowest BCUT2D eigenvalue weighted by Crippen LogP contribution is -2.43. The average molecular weight is 439 g/mol. The number of nitrogens with zero attached hydrogens (tertiary/aromatic N) is 3. The number of thiophene rings is 1. The molecule has 4 rings (SSSR count). The van der Waals surface area contributed by atoms with Gasteiger partial charge in [-0.25, -0.2) is 9.97 Å². The van der Waals surface area contributed by atoms with Crippen molar-refractivity contribution in [3.05, 3.63) is 58.0 Å². The fourth-order valence-corrected chi connectivity index (χ4v) is 5.01. The number of carbonyl (C=O) groups excluding carboxylic acids is 2. The minimum atomic E-state index is -0.381. The van der Waals surface area contributed by atoms with Crippen molar-refractivity contribution in [3.63, 3.8) is 0 Å². The van der Waals surface area contributed by atoms with Gasteiger partial charge in [0.05, 0.1) is 29.3 Å². The predicted octanol–water partition coefficient (Wildman–Crippen LogP) is 3.66. The summed E-state index contributed by atoms with van der Waals surface area (Å²) < 4.78 is 7.12. The van der Waals surface area contributed by atoms with Gasteiger partial charge in [-0.3, -0.25) is 9.59 Å². The number of rotatable bonds is 4. The Labute approximate surface area is 185 Å². The van der Waals surface area contributed by atoms with Gasteiger partial charge in [0.15, 0.2) is 0 Å². The van der Waals surface area contributed by atoms with Gasteiger partial charge in [-0.05, 0) is 39.1 Å². The number of morpholine rings is 1. The van der Waals surface area contributed by atoms with E-state index in [0.29, 0.717) is 41.7 Å². The van der Waals surface area contributed by atoms with Gasteiger partial charge in [-0.15, -0.1) is 11.3 Å². The Kier molecular flexibility index (Phi) is 6.02. The Hall–Kier alpha value is -2.84. The van der Waals surface area contributed by atoms with Crippen molar-refractivity contribution in [2.45, 2.75) is 39.8 Å². The van der Waals surface area contributed by atoms with E-state index in [4.69, 9.17) is 4.74 Å². The van der Waals surface area contributed by atoms with Crippen molar-refractivity contribution in [2.75, 3.05) is 19.7 Å². The van der Waals surface area contributed by atoms with E-state index in [9.17, 15) is 9.59 Å². The smallest absolute Gasteiger partial charge is 0.261 e. The molecule has 0 saturated carbocycles. The van der Waals surface area contributed by atoms with Crippen molar-refractivity contribution >= 4 is 33.2 Å². The zero-order valence-electron chi connectivity index (χ0n) is 18.1. The number of ether oxygens (including phenoxy) is 1. The summed E-state index contributed by atoms with van der Waals surface area (Å²) in [6, 6.07) is 7.97. The van der Waals surface area contributed by atoms with Crippen molar-refractivity contribution in [2.24, 2.45) is 0 Å². The monoisotopic (exact) mass is 438 g/mol. The average Bonchev–Trinajstić information content (AvgIpc) is 3.13. The Morgan fingerprint density at radius 1 is 1.26 bits per heavy atom. The van der Waals surface area contributed by atoms with E-state index >= 15 is 0 Å². The van der Waals surface area contributed by atoms with E-state index in [1.54, 1.807) is 18.0 Å². The minimum absolute atomic E-state index is 0.0282. The molecule has 8 heteroatoms. The second kappa shape index (κ2) is 8.72. The molecule has 1 atom stereocenters. The molecule has 1 fully saturated rings. The van der Waals surface area contributed by atoms with Crippen LogP contribution in [0.2, 0.25) is 0 Å². The molecule has 0 radical (unpaired) electrons. The standard InChI is InChI=1S/C23H26N4O3S/c1-13(2)25-22(28)21-20(16-7-5-6-8-19(16)31-21)18-12-27(9-10-30-18)23(29)17-11-24-15(4)26-14(17)3/h5-8,11,13,18H,9-10,12H2,1-4H3,(H,25,28).